The maximum Gasteiger partial charge on any atom is 0.123 e. The molecule has 0 aromatic heterocycles. The molecule has 5 unspecified atom stereocenters. The van der Waals surface area contributed by atoms with Gasteiger partial charge in [0.25, 0.3) is 0 Å². The Bertz CT molecular complexity index is 592. The van der Waals surface area contributed by atoms with Gasteiger partial charge in [0.1, 0.15) is 22.4 Å². The van der Waals surface area contributed by atoms with Gasteiger partial charge in [0, 0.05) is 0 Å². The third-order valence-electron chi connectivity index (χ3n) is 4.80. The molecule has 0 spiro atoms. The number of rotatable bonds is 9. The van der Waals surface area contributed by atoms with Crippen LogP contribution in [-0.4, -0.2) is 42.8 Å². The van der Waals surface area contributed by atoms with E-state index in [9.17, 15) is 20.4 Å². The average molecular weight is 395 g/mol. The topological polar surface area (TPSA) is 80.9 Å². The SMILES string of the molecule is CCC(C)(O)C#CC(C)(O)CCCC(C)CC(C)(O)C#CC(C)(O)CC(C)C. The summed E-state index contributed by atoms with van der Waals surface area (Å²) in [7, 11) is 0. The lowest BCUT2D eigenvalue weighted by atomic mass is 9.87. The molecule has 0 aromatic rings. The van der Waals surface area contributed by atoms with E-state index in [-0.39, 0.29) is 5.92 Å². The van der Waals surface area contributed by atoms with Crippen LogP contribution >= 0.6 is 0 Å². The van der Waals surface area contributed by atoms with Crippen LogP contribution < -0.4 is 0 Å². The Kier molecular flexibility index (Phi) is 10.3. The molecule has 0 amide bonds. The van der Waals surface area contributed by atoms with Crippen LogP contribution in [0.3, 0.4) is 0 Å². The van der Waals surface area contributed by atoms with Crippen molar-refractivity contribution in [3.8, 4) is 23.7 Å². The molecule has 0 aliphatic heterocycles. The fourth-order valence-electron chi connectivity index (χ4n) is 3.16. The van der Waals surface area contributed by atoms with Crippen LogP contribution in [0.15, 0.2) is 0 Å². The summed E-state index contributed by atoms with van der Waals surface area (Å²) in [6, 6.07) is 0. The molecule has 0 fully saturated rings. The van der Waals surface area contributed by atoms with E-state index in [0.717, 1.165) is 12.8 Å². The monoisotopic (exact) mass is 394 g/mol. The molecule has 28 heavy (non-hydrogen) atoms. The number of hydrogen-bond acceptors (Lipinski definition) is 4. The predicted molar refractivity (Wildman–Crippen MR) is 115 cm³/mol. The molecule has 0 saturated heterocycles. The standard InChI is InChI=1S/C24H42O4/c1-9-21(5,25)13-14-22(6,26)12-10-11-20(4)18-24(8,28)16-15-23(7,27)17-19(2)3/h19-20,25-28H,9-12,17-18H2,1-8H3. The quantitative estimate of drug-likeness (QED) is 0.450. The summed E-state index contributed by atoms with van der Waals surface area (Å²) in [6.45, 7) is 14.6. The minimum absolute atomic E-state index is 0.210. The highest BCUT2D eigenvalue weighted by Gasteiger charge is 2.25. The van der Waals surface area contributed by atoms with Crippen molar-refractivity contribution < 1.29 is 20.4 Å². The molecule has 0 bridgehead atoms. The van der Waals surface area contributed by atoms with Gasteiger partial charge >= 0.3 is 0 Å². The molecule has 0 radical (unpaired) electrons. The van der Waals surface area contributed by atoms with E-state index in [0.29, 0.717) is 31.6 Å². The summed E-state index contributed by atoms with van der Waals surface area (Å²) < 4.78 is 0. The van der Waals surface area contributed by atoms with Crippen LogP contribution in [-0.2, 0) is 0 Å². The zero-order valence-electron chi connectivity index (χ0n) is 19.2. The normalized spacial score (nSPS) is 21.0. The fourth-order valence-corrected chi connectivity index (χ4v) is 3.16. The molecule has 4 heteroatoms. The number of aliphatic hydroxyl groups is 4. The van der Waals surface area contributed by atoms with E-state index in [1.165, 1.54) is 0 Å². The van der Waals surface area contributed by atoms with Crippen molar-refractivity contribution in [1.82, 2.24) is 0 Å². The van der Waals surface area contributed by atoms with Crippen LogP contribution in [0.2, 0.25) is 0 Å². The van der Waals surface area contributed by atoms with Gasteiger partial charge in [-0.25, -0.2) is 0 Å². The third kappa shape index (κ3) is 13.2. The summed E-state index contributed by atoms with van der Waals surface area (Å²) in [5.74, 6) is 11.7. The van der Waals surface area contributed by atoms with E-state index in [1.54, 1.807) is 27.7 Å². The van der Waals surface area contributed by atoms with Crippen molar-refractivity contribution in [2.24, 2.45) is 11.8 Å². The Morgan fingerprint density at radius 3 is 1.57 bits per heavy atom. The zero-order valence-corrected chi connectivity index (χ0v) is 19.2. The maximum atomic E-state index is 10.6. The van der Waals surface area contributed by atoms with Gasteiger partial charge in [0.2, 0.25) is 0 Å². The van der Waals surface area contributed by atoms with Gasteiger partial charge in [-0.05, 0) is 71.6 Å². The molecule has 0 aromatic carbocycles. The Labute approximate surface area is 172 Å². The van der Waals surface area contributed by atoms with Crippen molar-refractivity contribution in [3.05, 3.63) is 0 Å². The minimum Gasteiger partial charge on any atom is -0.378 e. The Hall–Kier alpha value is -1.04. The maximum absolute atomic E-state index is 10.6. The van der Waals surface area contributed by atoms with Crippen LogP contribution in [0.25, 0.3) is 0 Å². The first-order chi connectivity index (χ1) is 12.5. The molecule has 4 N–H and O–H groups in total. The lowest BCUT2D eigenvalue weighted by Crippen LogP contribution is -2.29. The molecule has 4 nitrogen and oxygen atoms in total. The van der Waals surface area contributed by atoms with E-state index >= 15 is 0 Å². The minimum atomic E-state index is -1.16. The lowest BCUT2D eigenvalue weighted by molar-refractivity contribution is 0.0796. The smallest absolute Gasteiger partial charge is 0.123 e. The summed E-state index contributed by atoms with van der Waals surface area (Å²) >= 11 is 0. The van der Waals surface area contributed by atoms with Crippen molar-refractivity contribution in [2.45, 2.75) is 116 Å². The lowest BCUT2D eigenvalue weighted by Gasteiger charge is -2.24. The third-order valence-corrected chi connectivity index (χ3v) is 4.80. The molecular weight excluding hydrogens is 352 g/mol. The van der Waals surface area contributed by atoms with Gasteiger partial charge in [0.05, 0.1) is 0 Å². The first-order valence-electron chi connectivity index (χ1n) is 10.5. The molecule has 162 valence electrons. The highest BCUT2D eigenvalue weighted by molar-refractivity contribution is 5.20. The van der Waals surface area contributed by atoms with Crippen LogP contribution in [0, 0.1) is 35.5 Å². The largest absolute Gasteiger partial charge is 0.378 e. The van der Waals surface area contributed by atoms with Gasteiger partial charge in [-0.1, -0.05) is 57.8 Å². The van der Waals surface area contributed by atoms with Crippen molar-refractivity contribution >= 4 is 0 Å². The highest BCUT2D eigenvalue weighted by atomic mass is 16.3. The summed E-state index contributed by atoms with van der Waals surface area (Å²) in [5.41, 5.74) is -4.48. The fraction of sp³-hybridized carbons (Fsp3) is 0.833. The molecule has 0 aliphatic rings. The van der Waals surface area contributed by atoms with Gasteiger partial charge in [-0.3, -0.25) is 0 Å². The molecule has 0 aliphatic carbocycles. The summed E-state index contributed by atoms with van der Waals surface area (Å²) in [5, 5.41) is 41.2. The summed E-state index contributed by atoms with van der Waals surface area (Å²) in [6.07, 6.45) is 3.64. The van der Waals surface area contributed by atoms with Gasteiger partial charge in [-0.2, -0.15) is 0 Å². The van der Waals surface area contributed by atoms with Crippen LogP contribution in [0.1, 0.15) is 93.9 Å². The molecular formula is C24H42O4. The highest BCUT2D eigenvalue weighted by Crippen LogP contribution is 2.24. The Balaban J connectivity index is 4.64. The van der Waals surface area contributed by atoms with E-state index in [4.69, 9.17) is 0 Å². The zero-order chi connectivity index (χ0) is 22.2. The van der Waals surface area contributed by atoms with Gasteiger partial charge in [0.15, 0.2) is 0 Å². The van der Waals surface area contributed by atoms with E-state index in [2.05, 4.69) is 23.7 Å². The van der Waals surface area contributed by atoms with Crippen LogP contribution in [0.4, 0.5) is 0 Å². The second-order valence-corrected chi connectivity index (χ2v) is 9.75. The molecule has 0 rings (SSSR count). The Morgan fingerprint density at radius 2 is 1.11 bits per heavy atom. The van der Waals surface area contributed by atoms with E-state index < -0.39 is 22.4 Å². The average Bonchev–Trinajstić information content (AvgIpc) is 2.50. The molecule has 0 heterocycles. The Morgan fingerprint density at radius 1 is 0.679 bits per heavy atom. The second kappa shape index (κ2) is 10.7. The van der Waals surface area contributed by atoms with Gasteiger partial charge in [-0.15, -0.1) is 0 Å². The van der Waals surface area contributed by atoms with Crippen molar-refractivity contribution in [2.75, 3.05) is 0 Å². The molecule has 5 atom stereocenters. The van der Waals surface area contributed by atoms with Crippen molar-refractivity contribution in [3.63, 3.8) is 0 Å². The predicted octanol–water partition coefficient (Wildman–Crippen LogP) is 3.65. The van der Waals surface area contributed by atoms with Gasteiger partial charge < -0.3 is 20.4 Å². The van der Waals surface area contributed by atoms with Crippen LogP contribution in [0.5, 0.6) is 0 Å². The van der Waals surface area contributed by atoms with Crippen molar-refractivity contribution in [1.29, 1.82) is 0 Å². The number of hydrogen-bond donors (Lipinski definition) is 4. The second-order valence-electron chi connectivity index (χ2n) is 9.75. The molecule has 0 saturated carbocycles. The first kappa shape index (κ1) is 27.0. The van der Waals surface area contributed by atoms with E-state index in [1.807, 2.05) is 27.7 Å². The first-order valence-corrected chi connectivity index (χ1v) is 10.5. The summed E-state index contributed by atoms with van der Waals surface area (Å²) in [4.78, 5) is 0.